The van der Waals surface area contributed by atoms with Crippen LogP contribution in [0.4, 0.5) is 5.82 Å². The number of carbonyl (C=O) groups is 1. The highest BCUT2D eigenvalue weighted by Gasteiger charge is 2.37. The van der Waals surface area contributed by atoms with Crippen molar-refractivity contribution in [3.05, 3.63) is 54.2 Å². The quantitative estimate of drug-likeness (QED) is 0.850. The number of rotatable bonds is 4. The van der Waals surface area contributed by atoms with Gasteiger partial charge in [-0.15, -0.1) is 0 Å². The Labute approximate surface area is 154 Å². The molecular formula is C21H25N3O2. The van der Waals surface area contributed by atoms with Crippen LogP contribution in [-0.4, -0.2) is 48.1 Å². The first-order valence-electron chi connectivity index (χ1n) is 9.37. The number of hydrogen-bond acceptors (Lipinski definition) is 4. The van der Waals surface area contributed by atoms with Crippen molar-refractivity contribution in [2.45, 2.75) is 25.9 Å². The summed E-state index contributed by atoms with van der Waals surface area (Å²) in [5.41, 5.74) is 1.19. The van der Waals surface area contributed by atoms with E-state index in [-0.39, 0.29) is 17.9 Å². The second-order valence-corrected chi connectivity index (χ2v) is 7.27. The number of pyridine rings is 1. The summed E-state index contributed by atoms with van der Waals surface area (Å²) in [4.78, 5) is 21.4. The highest BCUT2D eigenvalue weighted by Crippen LogP contribution is 2.26. The van der Waals surface area contributed by atoms with Crippen LogP contribution in [0.5, 0.6) is 5.75 Å². The van der Waals surface area contributed by atoms with E-state index in [2.05, 4.69) is 22.9 Å². The number of nitrogens with zero attached hydrogens (tertiary/aromatic N) is 3. The maximum absolute atomic E-state index is 12.8. The van der Waals surface area contributed by atoms with Gasteiger partial charge in [0.2, 0.25) is 5.91 Å². The van der Waals surface area contributed by atoms with Gasteiger partial charge in [0.15, 0.2) is 0 Å². The number of anilines is 1. The number of piperidine rings is 1. The molecule has 0 bridgehead atoms. The number of benzene rings is 1. The largest absolute Gasteiger partial charge is 0.487 e. The molecule has 136 valence electrons. The monoisotopic (exact) mass is 351 g/mol. The van der Waals surface area contributed by atoms with Crippen molar-refractivity contribution in [3.8, 4) is 5.75 Å². The second kappa shape index (κ2) is 7.36. The molecule has 0 spiro atoms. The topological polar surface area (TPSA) is 45.7 Å². The number of carbonyl (C=O) groups excluding carboxylic acids is 1. The molecule has 1 atom stereocenters. The molecule has 2 saturated heterocycles. The van der Waals surface area contributed by atoms with Gasteiger partial charge in [0.25, 0.3) is 0 Å². The summed E-state index contributed by atoms with van der Waals surface area (Å²) >= 11 is 0. The Morgan fingerprint density at radius 2 is 2.04 bits per heavy atom. The maximum atomic E-state index is 12.8. The van der Waals surface area contributed by atoms with Gasteiger partial charge >= 0.3 is 0 Å². The number of amides is 1. The molecule has 2 fully saturated rings. The smallest absolute Gasteiger partial charge is 0.227 e. The maximum Gasteiger partial charge on any atom is 0.227 e. The Balaban J connectivity index is 1.30. The highest BCUT2D eigenvalue weighted by atomic mass is 16.5. The average Bonchev–Trinajstić information content (AvgIpc) is 2.65. The molecule has 2 aliphatic rings. The number of aryl methyl sites for hydroxylation is 1. The van der Waals surface area contributed by atoms with Crippen LogP contribution in [0.3, 0.4) is 0 Å². The van der Waals surface area contributed by atoms with Gasteiger partial charge in [-0.2, -0.15) is 0 Å². The van der Waals surface area contributed by atoms with Crippen LogP contribution in [-0.2, 0) is 4.79 Å². The van der Waals surface area contributed by atoms with Crippen LogP contribution in [0.15, 0.2) is 48.7 Å². The Hall–Kier alpha value is -2.56. The fourth-order valence-corrected chi connectivity index (χ4v) is 3.76. The number of likely N-dealkylation sites (tertiary alicyclic amines) is 1. The summed E-state index contributed by atoms with van der Waals surface area (Å²) < 4.78 is 5.98. The molecule has 1 aromatic heterocycles. The third kappa shape index (κ3) is 3.66. The van der Waals surface area contributed by atoms with Gasteiger partial charge in [0.05, 0.1) is 19.0 Å². The second-order valence-electron chi connectivity index (χ2n) is 7.27. The molecule has 2 aromatic rings. The molecular weight excluding hydrogens is 326 g/mol. The van der Waals surface area contributed by atoms with Crippen molar-refractivity contribution in [2.75, 3.05) is 31.1 Å². The van der Waals surface area contributed by atoms with Gasteiger partial charge in [-0.05, 0) is 49.6 Å². The van der Waals surface area contributed by atoms with E-state index in [1.807, 2.05) is 47.5 Å². The van der Waals surface area contributed by atoms with Gasteiger partial charge < -0.3 is 14.5 Å². The van der Waals surface area contributed by atoms with Gasteiger partial charge in [-0.25, -0.2) is 4.98 Å². The number of ether oxygens (including phenoxy) is 1. The van der Waals surface area contributed by atoms with Crippen molar-refractivity contribution in [1.82, 2.24) is 9.88 Å². The molecule has 4 rings (SSSR count). The normalized spacial score (nSPS) is 20.6. The Morgan fingerprint density at radius 3 is 2.81 bits per heavy atom. The van der Waals surface area contributed by atoms with E-state index in [0.717, 1.165) is 37.5 Å². The zero-order valence-corrected chi connectivity index (χ0v) is 15.2. The lowest BCUT2D eigenvalue weighted by molar-refractivity contribution is -0.144. The van der Waals surface area contributed by atoms with E-state index in [4.69, 9.17) is 4.74 Å². The number of aromatic nitrogens is 1. The Morgan fingerprint density at radius 1 is 1.15 bits per heavy atom. The van der Waals surface area contributed by atoms with Gasteiger partial charge in [-0.1, -0.05) is 18.2 Å². The molecule has 5 nitrogen and oxygen atoms in total. The summed E-state index contributed by atoms with van der Waals surface area (Å²) in [5.74, 6) is 2.18. The van der Waals surface area contributed by atoms with Crippen molar-refractivity contribution in [2.24, 2.45) is 5.92 Å². The fourth-order valence-electron chi connectivity index (χ4n) is 3.76. The van der Waals surface area contributed by atoms with Crippen molar-refractivity contribution >= 4 is 11.7 Å². The molecule has 26 heavy (non-hydrogen) atoms. The molecule has 0 radical (unpaired) electrons. The predicted octanol–water partition coefficient (Wildman–Crippen LogP) is 2.90. The molecule has 1 aromatic carbocycles. The van der Waals surface area contributed by atoms with Crippen molar-refractivity contribution in [3.63, 3.8) is 0 Å². The van der Waals surface area contributed by atoms with E-state index in [9.17, 15) is 4.79 Å². The average molecular weight is 351 g/mol. The number of hydrogen-bond donors (Lipinski definition) is 0. The minimum Gasteiger partial charge on any atom is -0.487 e. The molecule has 2 aliphatic heterocycles. The molecule has 5 heteroatoms. The molecule has 0 unspecified atom stereocenters. The van der Waals surface area contributed by atoms with Crippen LogP contribution in [0, 0.1) is 12.8 Å². The molecule has 0 aliphatic carbocycles. The molecule has 0 saturated carbocycles. The lowest BCUT2D eigenvalue weighted by Gasteiger charge is -2.42. The first-order chi connectivity index (χ1) is 12.7. The standard InChI is InChI=1S/C21H25N3O2/c1-16-6-4-8-18(12-16)26-19-14-24(15-19)21(25)17-7-5-11-23(13-17)20-9-2-3-10-22-20/h2-4,6,8-10,12,17,19H,5,7,11,13-15H2,1H3/t17-/m1/s1. The van der Waals surface area contributed by atoms with Gasteiger partial charge in [-0.3, -0.25) is 4.79 Å². The van der Waals surface area contributed by atoms with Gasteiger partial charge in [0, 0.05) is 19.3 Å². The van der Waals surface area contributed by atoms with Crippen LogP contribution < -0.4 is 9.64 Å². The fraction of sp³-hybridized carbons (Fsp3) is 0.429. The molecule has 1 amide bonds. The zero-order chi connectivity index (χ0) is 17.9. The summed E-state index contributed by atoms with van der Waals surface area (Å²) in [6.45, 7) is 5.16. The zero-order valence-electron chi connectivity index (χ0n) is 15.2. The van der Waals surface area contributed by atoms with E-state index >= 15 is 0 Å². The van der Waals surface area contributed by atoms with Gasteiger partial charge in [0.1, 0.15) is 17.7 Å². The van der Waals surface area contributed by atoms with Crippen LogP contribution in [0.25, 0.3) is 0 Å². The lowest BCUT2D eigenvalue weighted by Crippen LogP contribution is -2.59. The minimum atomic E-state index is 0.0608. The van der Waals surface area contributed by atoms with E-state index in [1.165, 1.54) is 5.56 Å². The van der Waals surface area contributed by atoms with Crippen LogP contribution in [0.1, 0.15) is 18.4 Å². The van der Waals surface area contributed by atoms with Crippen LogP contribution in [0.2, 0.25) is 0 Å². The van der Waals surface area contributed by atoms with E-state index in [1.54, 1.807) is 0 Å². The summed E-state index contributed by atoms with van der Waals surface area (Å²) in [6.07, 6.45) is 3.91. The lowest BCUT2D eigenvalue weighted by atomic mass is 9.95. The Kier molecular flexibility index (Phi) is 4.78. The van der Waals surface area contributed by atoms with E-state index < -0.39 is 0 Å². The third-order valence-electron chi connectivity index (χ3n) is 5.20. The SMILES string of the molecule is Cc1cccc(OC2CN(C(=O)[C@@H]3CCCN(c4ccccn4)C3)C2)c1. The molecule has 0 N–H and O–H groups in total. The summed E-state index contributed by atoms with van der Waals surface area (Å²) in [7, 11) is 0. The van der Waals surface area contributed by atoms with E-state index in [0.29, 0.717) is 13.1 Å². The van der Waals surface area contributed by atoms with Crippen molar-refractivity contribution in [1.29, 1.82) is 0 Å². The summed E-state index contributed by atoms with van der Waals surface area (Å²) in [5, 5.41) is 0. The highest BCUT2D eigenvalue weighted by molar-refractivity contribution is 5.80. The van der Waals surface area contributed by atoms with Crippen LogP contribution >= 0.6 is 0 Å². The van der Waals surface area contributed by atoms with Crippen molar-refractivity contribution < 1.29 is 9.53 Å². The first-order valence-corrected chi connectivity index (χ1v) is 9.37. The molecule has 3 heterocycles. The third-order valence-corrected chi connectivity index (χ3v) is 5.20. The minimum absolute atomic E-state index is 0.0608. The Bertz CT molecular complexity index is 759. The first kappa shape index (κ1) is 16.9. The summed E-state index contributed by atoms with van der Waals surface area (Å²) in [6, 6.07) is 14.0. The predicted molar refractivity (Wildman–Crippen MR) is 101 cm³/mol.